The van der Waals surface area contributed by atoms with Crippen LogP contribution in [0.5, 0.6) is 5.75 Å². The summed E-state index contributed by atoms with van der Waals surface area (Å²) in [6.45, 7) is 2.65. The van der Waals surface area contributed by atoms with Crippen LogP contribution in [0.4, 0.5) is 0 Å². The molecule has 1 heterocycles. The first-order valence-corrected chi connectivity index (χ1v) is 12.3. The second-order valence-electron chi connectivity index (χ2n) is 7.91. The monoisotopic (exact) mass is 436 g/mol. The Labute approximate surface area is 185 Å². The summed E-state index contributed by atoms with van der Waals surface area (Å²) in [6, 6.07) is 13.9. The Bertz CT molecular complexity index is 1050. The van der Waals surface area contributed by atoms with Crippen molar-refractivity contribution in [3.05, 3.63) is 83.4 Å². The van der Waals surface area contributed by atoms with Crippen LogP contribution in [0.2, 0.25) is 0 Å². The summed E-state index contributed by atoms with van der Waals surface area (Å²) in [5.74, 6) is 1.97. The second kappa shape index (κ2) is 10.1. The van der Waals surface area contributed by atoms with Crippen molar-refractivity contribution < 1.29 is 13.7 Å². The molecule has 2 unspecified atom stereocenters. The van der Waals surface area contributed by atoms with Crippen molar-refractivity contribution in [2.75, 3.05) is 5.75 Å². The minimum atomic E-state index is -0.988. The molecule has 162 valence electrons. The molecular formula is C25H28N2O3S. The third kappa shape index (κ3) is 5.13. The molecule has 0 saturated heterocycles. The van der Waals surface area contributed by atoms with Crippen LogP contribution in [0.3, 0.4) is 0 Å². The fraction of sp³-hybridized carbons (Fsp3) is 0.360. The molecule has 0 amide bonds. The summed E-state index contributed by atoms with van der Waals surface area (Å²) in [7, 11) is -0.988. The Morgan fingerprint density at radius 1 is 1.16 bits per heavy atom. The molecule has 2 atom stereocenters. The molecule has 1 aliphatic rings. The zero-order valence-electron chi connectivity index (χ0n) is 17.8. The van der Waals surface area contributed by atoms with Gasteiger partial charge in [-0.3, -0.25) is 9.00 Å². The van der Waals surface area contributed by atoms with Gasteiger partial charge >= 0.3 is 0 Å². The second-order valence-corrected chi connectivity index (χ2v) is 9.49. The molecular weight excluding hydrogens is 408 g/mol. The van der Waals surface area contributed by atoms with Crippen LogP contribution in [0.15, 0.2) is 61.2 Å². The minimum Gasteiger partial charge on any atom is -0.484 e. The Hall–Kier alpha value is -2.73. The van der Waals surface area contributed by atoms with Crippen LogP contribution in [-0.4, -0.2) is 25.3 Å². The van der Waals surface area contributed by atoms with E-state index in [0.29, 0.717) is 24.5 Å². The fourth-order valence-electron chi connectivity index (χ4n) is 4.13. The molecule has 6 heteroatoms. The van der Waals surface area contributed by atoms with Gasteiger partial charge in [-0.15, -0.1) is 0 Å². The predicted octanol–water partition coefficient (Wildman–Crippen LogP) is 4.88. The average Bonchev–Trinajstić information content (AvgIpc) is 3.29. The molecule has 0 N–H and O–H groups in total. The van der Waals surface area contributed by atoms with Gasteiger partial charge in [0.05, 0.1) is 18.6 Å². The average molecular weight is 437 g/mol. The Kier molecular flexibility index (Phi) is 6.97. The number of rotatable bonds is 9. The first-order chi connectivity index (χ1) is 15.2. The van der Waals surface area contributed by atoms with Crippen molar-refractivity contribution in [2.24, 2.45) is 0 Å². The number of Topliss-reactive ketones (excluding diaryl/α,β-unsaturated/α-hetero) is 1. The number of carbonyl (C=O) groups is 1. The summed E-state index contributed by atoms with van der Waals surface area (Å²) < 4.78 is 21.3. The van der Waals surface area contributed by atoms with Crippen LogP contribution < -0.4 is 4.74 Å². The van der Waals surface area contributed by atoms with E-state index in [4.69, 9.17) is 4.74 Å². The van der Waals surface area contributed by atoms with Crippen molar-refractivity contribution in [1.29, 1.82) is 0 Å². The molecule has 3 aromatic rings. The maximum atomic E-state index is 12.7. The molecule has 1 aliphatic carbocycles. The number of benzene rings is 2. The summed E-state index contributed by atoms with van der Waals surface area (Å²) in [5.41, 5.74) is 3.79. The molecule has 5 nitrogen and oxygen atoms in total. The number of hydrogen-bond acceptors (Lipinski definition) is 4. The Balaban J connectivity index is 1.72. The first kappa shape index (κ1) is 21.5. The number of hydrogen-bond donors (Lipinski definition) is 0. The maximum Gasteiger partial charge on any atom is 0.163 e. The zero-order valence-corrected chi connectivity index (χ0v) is 18.6. The van der Waals surface area contributed by atoms with Gasteiger partial charge in [-0.2, -0.15) is 0 Å². The van der Waals surface area contributed by atoms with Gasteiger partial charge in [0.2, 0.25) is 0 Å². The van der Waals surface area contributed by atoms with Crippen molar-refractivity contribution in [1.82, 2.24) is 9.55 Å². The third-order valence-electron chi connectivity index (χ3n) is 5.63. The molecule has 0 saturated carbocycles. The van der Waals surface area contributed by atoms with E-state index < -0.39 is 10.8 Å². The van der Waals surface area contributed by atoms with E-state index in [2.05, 4.69) is 17.1 Å². The topological polar surface area (TPSA) is 61.2 Å². The SMILES string of the molecule is CCCS(=O)Cc1c(OC(Cn2ccnc2)c2ccccc2)ccc2c1CCCC2=O. The third-order valence-corrected chi connectivity index (χ3v) is 7.11. The van der Waals surface area contributed by atoms with Gasteiger partial charge in [0.25, 0.3) is 0 Å². The van der Waals surface area contributed by atoms with Crippen LogP contribution in [0.25, 0.3) is 0 Å². The largest absolute Gasteiger partial charge is 0.484 e. The van der Waals surface area contributed by atoms with E-state index in [0.717, 1.165) is 47.3 Å². The predicted molar refractivity (Wildman–Crippen MR) is 123 cm³/mol. The van der Waals surface area contributed by atoms with E-state index in [1.807, 2.05) is 48.0 Å². The van der Waals surface area contributed by atoms with Gasteiger partial charge in [0.1, 0.15) is 11.9 Å². The fourth-order valence-corrected chi connectivity index (χ4v) is 5.36. The molecule has 0 radical (unpaired) electrons. The van der Waals surface area contributed by atoms with Crippen LogP contribution in [0, 0.1) is 0 Å². The van der Waals surface area contributed by atoms with Crippen molar-refractivity contribution in [3.8, 4) is 5.75 Å². The van der Waals surface area contributed by atoms with Crippen molar-refractivity contribution in [2.45, 2.75) is 51.0 Å². The van der Waals surface area contributed by atoms with Gasteiger partial charge < -0.3 is 9.30 Å². The van der Waals surface area contributed by atoms with Crippen LogP contribution >= 0.6 is 0 Å². The minimum absolute atomic E-state index is 0.174. The highest BCUT2D eigenvalue weighted by Crippen LogP contribution is 2.35. The lowest BCUT2D eigenvalue weighted by atomic mass is 9.87. The van der Waals surface area contributed by atoms with E-state index in [1.165, 1.54) is 0 Å². The van der Waals surface area contributed by atoms with Gasteiger partial charge in [0.15, 0.2) is 5.78 Å². The summed E-state index contributed by atoms with van der Waals surface area (Å²) in [4.78, 5) is 16.6. The lowest BCUT2D eigenvalue weighted by Crippen LogP contribution is -2.19. The number of ketones is 1. The molecule has 4 rings (SSSR count). The summed E-state index contributed by atoms with van der Waals surface area (Å²) in [5, 5.41) is 0. The lowest BCUT2D eigenvalue weighted by Gasteiger charge is -2.25. The van der Waals surface area contributed by atoms with Crippen LogP contribution in [0.1, 0.15) is 59.3 Å². The van der Waals surface area contributed by atoms with Gasteiger partial charge in [-0.25, -0.2) is 4.98 Å². The molecule has 0 aliphatic heterocycles. The quantitative estimate of drug-likeness (QED) is 0.480. The molecule has 0 spiro atoms. The normalized spacial score (nSPS) is 15.3. The molecule has 2 aromatic carbocycles. The number of nitrogens with zero attached hydrogens (tertiary/aromatic N) is 2. The number of carbonyl (C=O) groups excluding carboxylic acids is 1. The maximum absolute atomic E-state index is 12.7. The van der Waals surface area contributed by atoms with Gasteiger partial charge in [-0.1, -0.05) is 37.3 Å². The first-order valence-electron chi connectivity index (χ1n) is 10.9. The molecule has 1 aromatic heterocycles. The van der Waals surface area contributed by atoms with Crippen molar-refractivity contribution >= 4 is 16.6 Å². The Morgan fingerprint density at radius 3 is 2.74 bits per heavy atom. The number of aromatic nitrogens is 2. The molecule has 31 heavy (non-hydrogen) atoms. The van der Waals surface area contributed by atoms with Crippen molar-refractivity contribution in [3.63, 3.8) is 0 Å². The van der Waals surface area contributed by atoms with E-state index in [1.54, 1.807) is 12.5 Å². The van der Waals surface area contributed by atoms with E-state index in [-0.39, 0.29) is 11.9 Å². The summed E-state index contributed by atoms with van der Waals surface area (Å²) >= 11 is 0. The number of imidazole rings is 1. The number of ether oxygens (including phenoxy) is 1. The highest BCUT2D eigenvalue weighted by Gasteiger charge is 2.25. The van der Waals surface area contributed by atoms with Gasteiger partial charge in [-0.05, 0) is 42.5 Å². The van der Waals surface area contributed by atoms with E-state index >= 15 is 0 Å². The smallest absolute Gasteiger partial charge is 0.163 e. The lowest BCUT2D eigenvalue weighted by molar-refractivity contribution is 0.0972. The zero-order chi connectivity index (χ0) is 21.6. The Morgan fingerprint density at radius 2 is 2.00 bits per heavy atom. The molecule has 0 fully saturated rings. The standard InChI is InChI=1S/C25H28N2O3S/c1-2-15-31(29)17-22-20-9-6-10-23(28)21(20)11-12-24(22)30-25(16-27-14-13-26-18-27)19-7-4-3-5-8-19/h3-5,7-8,11-14,18,25H,2,6,9-10,15-17H2,1H3. The van der Waals surface area contributed by atoms with E-state index in [9.17, 15) is 9.00 Å². The summed E-state index contributed by atoms with van der Waals surface area (Å²) in [6.07, 6.45) is 8.33. The number of fused-ring (bicyclic) bond motifs is 1. The highest BCUT2D eigenvalue weighted by atomic mass is 32.2. The molecule has 0 bridgehead atoms. The van der Waals surface area contributed by atoms with Gasteiger partial charge in [0, 0.05) is 46.5 Å². The highest BCUT2D eigenvalue weighted by molar-refractivity contribution is 7.84. The van der Waals surface area contributed by atoms with Crippen LogP contribution in [-0.2, 0) is 29.5 Å².